The second kappa shape index (κ2) is 9.31. The molecule has 0 heterocycles. The third-order valence-corrected chi connectivity index (χ3v) is 4.45. The van der Waals surface area contributed by atoms with Crippen LogP contribution in [-0.2, 0) is 11.4 Å². The molecule has 4 heteroatoms. The van der Waals surface area contributed by atoms with E-state index in [9.17, 15) is 5.11 Å². The summed E-state index contributed by atoms with van der Waals surface area (Å²) in [5.41, 5.74) is 3.69. The largest absolute Gasteiger partial charge is 0.395 e. The number of aliphatic hydroxyl groups excluding tert-OH is 1. The van der Waals surface area contributed by atoms with E-state index in [1.54, 1.807) is 0 Å². The van der Waals surface area contributed by atoms with Crippen LogP contribution in [0.15, 0.2) is 71.9 Å². The van der Waals surface area contributed by atoms with Crippen LogP contribution in [0.5, 0.6) is 0 Å². The van der Waals surface area contributed by atoms with E-state index in [0.717, 1.165) is 40.8 Å². The van der Waals surface area contributed by atoms with E-state index in [1.807, 2.05) is 56.6 Å². The summed E-state index contributed by atoms with van der Waals surface area (Å²) in [6.07, 6.45) is 0.919. The van der Waals surface area contributed by atoms with Crippen LogP contribution in [0.3, 0.4) is 0 Å². The Kier molecular flexibility index (Phi) is 6.58. The van der Waals surface area contributed by atoms with E-state index in [0.29, 0.717) is 6.61 Å². The standard InChI is InChI=1S/C23H26N2O2/c1-25(2)15-6-16-27-24-23(20-13-11-18(17-26)12-14-20)22-10-5-8-19-7-3-4-9-21(19)22/h3-5,7-14,26H,6,15-17H2,1-2H3/b24-23-. The van der Waals surface area contributed by atoms with Crippen LogP contribution >= 0.6 is 0 Å². The van der Waals surface area contributed by atoms with Crippen molar-refractivity contribution in [1.29, 1.82) is 0 Å². The number of oxime groups is 1. The van der Waals surface area contributed by atoms with Gasteiger partial charge in [-0.25, -0.2) is 0 Å². The van der Waals surface area contributed by atoms with Crippen molar-refractivity contribution >= 4 is 16.5 Å². The molecular weight excluding hydrogens is 336 g/mol. The fourth-order valence-corrected chi connectivity index (χ4v) is 3.01. The van der Waals surface area contributed by atoms with Gasteiger partial charge < -0.3 is 14.8 Å². The van der Waals surface area contributed by atoms with Crippen molar-refractivity contribution in [2.45, 2.75) is 13.0 Å². The van der Waals surface area contributed by atoms with Crippen molar-refractivity contribution in [3.63, 3.8) is 0 Å². The van der Waals surface area contributed by atoms with E-state index in [1.165, 1.54) is 5.39 Å². The van der Waals surface area contributed by atoms with Gasteiger partial charge in [0.15, 0.2) is 0 Å². The fourth-order valence-electron chi connectivity index (χ4n) is 3.01. The topological polar surface area (TPSA) is 45.1 Å². The lowest BCUT2D eigenvalue weighted by molar-refractivity contribution is 0.135. The van der Waals surface area contributed by atoms with Gasteiger partial charge in [-0.05, 0) is 36.9 Å². The van der Waals surface area contributed by atoms with Crippen LogP contribution in [0, 0.1) is 0 Å². The first kappa shape index (κ1) is 19.1. The summed E-state index contributed by atoms with van der Waals surface area (Å²) in [7, 11) is 4.10. The quantitative estimate of drug-likeness (QED) is 0.373. The third-order valence-electron chi connectivity index (χ3n) is 4.45. The predicted octanol–water partition coefficient (Wildman–Crippen LogP) is 4.05. The van der Waals surface area contributed by atoms with E-state index in [4.69, 9.17) is 4.84 Å². The predicted molar refractivity (Wildman–Crippen MR) is 111 cm³/mol. The SMILES string of the molecule is CN(C)CCCO/N=C(/c1ccc(CO)cc1)c1cccc2ccccc12. The summed E-state index contributed by atoms with van der Waals surface area (Å²) in [4.78, 5) is 7.80. The maximum atomic E-state index is 9.31. The molecule has 3 aromatic rings. The molecule has 0 aliphatic heterocycles. The van der Waals surface area contributed by atoms with Crippen molar-refractivity contribution in [3.05, 3.63) is 83.4 Å². The molecule has 0 bridgehead atoms. The Labute approximate surface area is 160 Å². The van der Waals surface area contributed by atoms with Crippen LogP contribution in [0.4, 0.5) is 0 Å². The van der Waals surface area contributed by atoms with Gasteiger partial charge in [-0.1, -0.05) is 71.9 Å². The van der Waals surface area contributed by atoms with Crippen molar-refractivity contribution in [1.82, 2.24) is 4.90 Å². The van der Waals surface area contributed by atoms with Crippen LogP contribution in [0.2, 0.25) is 0 Å². The van der Waals surface area contributed by atoms with Crippen LogP contribution in [0.25, 0.3) is 10.8 Å². The van der Waals surface area contributed by atoms with Crippen molar-refractivity contribution in [2.24, 2.45) is 5.16 Å². The molecule has 3 rings (SSSR count). The van der Waals surface area contributed by atoms with Gasteiger partial charge in [0.2, 0.25) is 0 Å². The molecule has 0 unspecified atom stereocenters. The summed E-state index contributed by atoms with van der Waals surface area (Å²) in [5.74, 6) is 0. The minimum atomic E-state index is 0.0298. The molecule has 0 aromatic heterocycles. The van der Waals surface area contributed by atoms with Crippen molar-refractivity contribution in [3.8, 4) is 0 Å². The van der Waals surface area contributed by atoms with Gasteiger partial charge in [0.05, 0.1) is 6.61 Å². The lowest BCUT2D eigenvalue weighted by atomic mass is 9.96. The molecule has 0 amide bonds. The number of rotatable bonds is 8. The number of fused-ring (bicyclic) bond motifs is 1. The van der Waals surface area contributed by atoms with Crippen LogP contribution in [0.1, 0.15) is 23.1 Å². The molecule has 0 saturated carbocycles. The molecule has 27 heavy (non-hydrogen) atoms. The average molecular weight is 362 g/mol. The third kappa shape index (κ3) is 4.94. The summed E-state index contributed by atoms with van der Waals surface area (Å²) in [6, 6.07) is 22.3. The first-order valence-electron chi connectivity index (χ1n) is 9.22. The fraction of sp³-hybridized carbons (Fsp3) is 0.261. The Morgan fingerprint density at radius 3 is 2.44 bits per heavy atom. The minimum absolute atomic E-state index is 0.0298. The molecule has 0 saturated heterocycles. The zero-order valence-corrected chi connectivity index (χ0v) is 15.9. The average Bonchev–Trinajstić information content (AvgIpc) is 2.70. The second-order valence-corrected chi connectivity index (χ2v) is 6.81. The molecule has 0 fully saturated rings. The summed E-state index contributed by atoms with van der Waals surface area (Å²) in [6.45, 7) is 1.56. The van der Waals surface area contributed by atoms with Crippen LogP contribution in [-0.4, -0.2) is 43.0 Å². The second-order valence-electron chi connectivity index (χ2n) is 6.81. The molecule has 0 radical (unpaired) electrons. The highest BCUT2D eigenvalue weighted by atomic mass is 16.6. The van der Waals surface area contributed by atoms with E-state index in [-0.39, 0.29) is 6.61 Å². The van der Waals surface area contributed by atoms with Crippen LogP contribution < -0.4 is 0 Å². The molecule has 0 spiro atoms. The molecule has 3 aromatic carbocycles. The van der Waals surface area contributed by atoms with Crippen molar-refractivity contribution < 1.29 is 9.94 Å². The lowest BCUT2D eigenvalue weighted by Crippen LogP contribution is -2.14. The normalized spacial score (nSPS) is 11.9. The van der Waals surface area contributed by atoms with Gasteiger partial charge in [-0.3, -0.25) is 0 Å². The van der Waals surface area contributed by atoms with Gasteiger partial charge in [0.25, 0.3) is 0 Å². The number of hydrogen-bond acceptors (Lipinski definition) is 4. The first-order valence-corrected chi connectivity index (χ1v) is 9.22. The summed E-state index contributed by atoms with van der Waals surface area (Å²) in [5, 5.41) is 16.1. The Morgan fingerprint density at radius 1 is 0.963 bits per heavy atom. The zero-order chi connectivity index (χ0) is 19.1. The van der Waals surface area contributed by atoms with Crippen molar-refractivity contribution in [2.75, 3.05) is 27.2 Å². The Hall–Kier alpha value is -2.69. The van der Waals surface area contributed by atoms with Gasteiger partial charge >= 0.3 is 0 Å². The van der Waals surface area contributed by atoms with Gasteiger partial charge in [0, 0.05) is 17.7 Å². The molecule has 140 valence electrons. The number of aliphatic hydroxyl groups is 1. The van der Waals surface area contributed by atoms with E-state index in [2.05, 4.69) is 34.3 Å². The Morgan fingerprint density at radius 2 is 1.70 bits per heavy atom. The lowest BCUT2D eigenvalue weighted by Gasteiger charge is -2.12. The maximum absolute atomic E-state index is 9.31. The highest BCUT2D eigenvalue weighted by Gasteiger charge is 2.12. The van der Waals surface area contributed by atoms with Gasteiger partial charge in [-0.15, -0.1) is 0 Å². The molecule has 0 aliphatic carbocycles. The number of hydrogen-bond donors (Lipinski definition) is 1. The highest BCUT2D eigenvalue weighted by molar-refractivity contribution is 6.19. The maximum Gasteiger partial charge on any atom is 0.118 e. The minimum Gasteiger partial charge on any atom is -0.395 e. The summed E-state index contributed by atoms with van der Waals surface area (Å²) >= 11 is 0. The Bertz CT molecular complexity index is 896. The Balaban J connectivity index is 1.95. The zero-order valence-electron chi connectivity index (χ0n) is 15.9. The highest BCUT2D eigenvalue weighted by Crippen LogP contribution is 2.22. The van der Waals surface area contributed by atoms with E-state index < -0.39 is 0 Å². The van der Waals surface area contributed by atoms with Gasteiger partial charge in [0.1, 0.15) is 12.3 Å². The molecular formula is C23H26N2O2. The van der Waals surface area contributed by atoms with E-state index >= 15 is 0 Å². The number of nitrogens with zero attached hydrogens (tertiary/aromatic N) is 2. The molecule has 0 atom stereocenters. The molecule has 4 nitrogen and oxygen atoms in total. The van der Waals surface area contributed by atoms with Gasteiger partial charge in [-0.2, -0.15) is 0 Å². The smallest absolute Gasteiger partial charge is 0.118 e. The molecule has 0 aliphatic rings. The molecule has 1 N–H and O–H groups in total. The summed E-state index contributed by atoms with van der Waals surface area (Å²) < 4.78 is 0. The monoisotopic (exact) mass is 362 g/mol. The first-order chi connectivity index (χ1) is 13.2. The number of benzene rings is 3.